The molecule has 0 amide bonds. The summed E-state index contributed by atoms with van der Waals surface area (Å²) in [5.74, 6) is -0.0867. The largest absolute Gasteiger partial charge is 0.465 e. The van der Waals surface area contributed by atoms with Crippen LogP contribution in [0.25, 0.3) is 11.2 Å². The molecule has 3 aromatic rings. The van der Waals surface area contributed by atoms with Gasteiger partial charge < -0.3 is 19.9 Å². The molecule has 0 aromatic carbocycles. The third-order valence-electron chi connectivity index (χ3n) is 6.10. The topological polar surface area (TPSA) is 154 Å². The number of ether oxygens (including phenoxy) is 1. The minimum atomic E-state index is -0.717. The third-order valence-corrected chi connectivity index (χ3v) is 6.10. The van der Waals surface area contributed by atoms with Crippen molar-refractivity contribution in [1.29, 1.82) is 5.26 Å². The number of esters is 1. The highest BCUT2D eigenvalue weighted by Gasteiger charge is 2.27. The van der Waals surface area contributed by atoms with Gasteiger partial charge in [0.2, 0.25) is 5.95 Å². The fourth-order valence-corrected chi connectivity index (χ4v) is 4.46. The van der Waals surface area contributed by atoms with Crippen molar-refractivity contribution in [1.82, 2.24) is 23.7 Å². The Kier molecular flexibility index (Phi) is 6.97. The number of nitrogens with two attached hydrogens (primary N) is 1. The van der Waals surface area contributed by atoms with E-state index in [4.69, 9.17) is 10.5 Å². The van der Waals surface area contributed by atoms with E-state index in [1.54, 1.807) is 11.5 Å². The molecular formula is C23H28N8O4. The summed E-state index contributed by atoms with van der Waals surface area (Å²) in [4.78, 5) is 50.3. The fourth-order valence-electron chi connectivity index (χ4n) is 4.46. The molecule has 35 heavy (non-hydrogen) atoms. The van der Waals surface area contributed by atoms with E-state index in [0.29, 0.717) is 36.7 Å². The van der Waals surface area contributed by atoms with Crippen LogP contribution < -0.4 is 21.9 Å². The first-order valence-corrected chi connectivity index (χ1v) is 11.6. The monoisotopic (exact) mass is 480 g/mol. The zero-order chi connectivity index (χ0) is 25.1. The molecule has 0 aliphatic carbocycles. The Labute approximate surface area is 201 Å². The van der Waals surface area contributed by atoms with Crippen LogP contribution in [0.15, 0.2) is 28.0 Å². The Morgan fingerprint density at radius 2 is 2.09 bits per heavy atom. The number of imidazole rings is 1. The standard InChI is InChI=1S/C23H28N8O4/c1-3-29-19-20(27-22(29)28-9-5-6-17(25)13-28)30(14-18(32)35-4-2)23(34)31(21(19)33)12-16-11-26-8-7-15(16)10-24/h7-8,11,17H,3-6,9,12-14,25H2,1-2H3. The molecule has 12 nitrogen and oxygen atoms in total. The van der Waals surface area contributed by atoms with Crippen LogP contribution in [0.1, 0.15) is 37.8 Å². The van der Waals surface area contributed by atoms with Gasteiger partial charge in [0.05, 0.1) is 24.8 Å². The van der Waals surface area contributed by atoms with Gasteiger partial charge >= 0.3 is 11.7 Å². The fraction of sp³-hybridized carbons (Fsp3) is 0.478. The Hall–Kier alpha value is -3.98. The summed E-state index contributed by atoms with van der Waals surface area (Å²) in [6, 6.07) is 3.55. The normalized spacial score (nSPS) is 15.8. The molecule has 1 fully saturated rings. The molecule has 12 heteroatoms. The van der Waals surface area contributed by atoms with Crippen LogP contribution in [0.3, 0.4) is 0 Å². The molecule has 1 aliphatic rings. The Morgan fingerprint density at radius 1 is 1.29 bits per heavy atom. The van der Waals surface area contributed by atoms with Crippen LogP contribution >= 0.6 is 0 Å². The molecule has 184 valence electrons. The smallest absolute Gasteiger partial charge is 0.333 e. The van der Waals surface area contributed by atoms with Gasteiger partial charge in [0.25, 0.3) is 5.56 Å². The van der Waals surface area contributed by atoms with Gasteiger partial charge in [-0.3, -0.25) is 23.7 Å². The number of fused-ring (bicyclic) bond motifs is 1. The Bertz CT molecular complexity index is 1410. The second kappa shape index (κ2) is 10.1. The minimum Gasteiger partial charge on any atom is -0.465 e. The van der Waals surface area contributed by atoms with Crippen molar-refractivity contribution in [3.63, 3.8) is 0 Å². The number of piperidine rings is 1. The van der Waals surface area contributed by atoms with E-state index >= 15 is 0 Å². The lowest BCUT2D eigenvalue weighted by molar-refractivity contribution is -0.143. The molecule has 4 rings (SSSR count). The molecule has 1 unspecified atom stereocenters. The van der Waals surface area contributed by atoms with Gasteiger partial charge in [-0.25, -0.2) is 4.79 Å². The van der Waals surface area contributed by atoms with E-state index < -0.39 is 23.8 Å². The summed E-state index contributed by atoms with van der Waals surface area (Å²) >= 11 is 0. The van der Waals surface area contributed by atoms with E-state index in [9.17, 15) is 19.6 Å². The molecule has 1 saturated heterocycles. The van der Waals surface area contributed by atoms with E-state index in [0.717, 1.165) is 22.0 Å². The zero-order valence-electron chi connectivity index (χ0n) is 19.8. The predicted molar refractivity (Wildman–Crippen MR) is 128 cm³/mol. The quantitative estimate of drug-likeness (QED) is 0.467. The van der Waals surface area contributed by atoms with Gasteiger partial charge in [0, 0.05) is 43.6 Å². The number of hydrogen-bond donors (Lipinski definition) is 1. The van der Waals surface area contributed by atoms with Crippen molar-refractivity contribution in [3.05, 3.63) is 50.4 Å². The van der Waals surface area contributed by atoms with Crippen LogP contribution in [-0.2, 0) is 29.2 Å². The number of nitriles is 1. The number of hydrogen-bond acceptors (Lipinski definition) is 9. The number of aryl methyl sites for hydroxylation is 1. The van der Waals surface area contributed by atoms with Gasteiger partial charge in [-0.2, -0.15) is 10.2 Å². The summed E-state index contributed by atoms with van der Waals surface area (Å²) in [6.07, 6.45) is 4.69. The minimum absolute atomic E-state index is 0.0257. The molecule has 4 heterocycles. The first kappa shape index (κ1) is 24.2. The molecule has 2 N–H and O–H groups in total. The number of pyridine rings is 1. The van der Waals surface area contributed by atoms with E-state index in [1.807, 2.05) is 11.8 Å². The van der Waals surface area contributed by atoms with Gasteiger partial charge in [0.1, 0.15) is 6.54 Å². The zero-order valence-corrected chi connectivity index (χ0v) is 19.8. The lowest BCUT2D eigenvalue weighted by Crippen LogP contribution is -2.44. The van der Waals surface area contributed by atoms with Gasteiger partial charge in [0.15, 0.2) is 11.2 Å². The van der Waals surface area contributed by atoms with Gasteiger partial charge in [-0.05, 0) is 32.8 Å². The van der Waals surface area contributed by atoms with E-state index in [2.05, 4.69) is 16.0 Å². The van der Waals surface area contributed by atoms with Crippen LogP contribution in [0, 0.1) is 11.3 Å². The number of carbonyl (C=O) groups is 1. The molecular weight excluding hydrogens is 452 g/mol. The number of anilines is 1. The van der Waals surface area contributed by atoms with E-state index in [1.165, 1.54) is 18.5 Å². The van der Waals surface area contributed by atoms with Crippen LogP contribution in [0.5, 0.6) is 0 Å². The maximum absolute atomic E-state index is 13.7. The SMILES string of the molecule is CCOC(=O)Cn1c(=O)n(Cc2cnccc2C#N)c(=O)c2c1nc(N1CCCC(N)C1)n2CC. The molecule has 1 aliphatic heterocycles. The Balaban J connectivity index is 1.96. The van der Waals surface area contributed by atoms with Crippen molar-refractivity contribution in [3.8, 4) is 6.07 Å². The third kappa shape index (κ3) is 4.54. The lowest BCUT2D eigenvalue weighted by atomic mass is 10.1. The second-order valence-corrected chi connectivity index (χ2v) is 8.39. The maximum Gasteiger partial charge on any atom is 0.333 e. The van der Waals surface area contributed by atoms with Crippen LogP contribution in [0.2, 0.25) is 0 Å². The first-order chi connectivity index (χ1) is 16.9. The van der Waals surface area contributed by atoms with Gasteiger partial charge in [-0.15, -0.1) is 0 Å². The second-order valence-electron chi connectivity index (χ2n) is 8.39. The summed E-state index contributed by atoms with van der Waals surface area (Å²) in [5.41, 5.74) is 5.94. The van der Waals surface area contributed by atoms with Crippen molar-refractivity contribution in [2.45, 2.75) is 52.4 Å². The molecule has 0 bridgehead atoms. The molecule has 0 saturated carbocycles. The maximum atomic E-state index is 13.7. The van der Waals surface area contributed by atoms with Crippen LogP contribution in [0.4, 0.5) is 5.95 Å². The van der Waals surface area contributed by atoms with Crippen molar-refractivity contribution >= 4 is 23.1 Å². The number of rotatable bonds is 7. The van der Waals surface area contributed by atoms with Gasteiger partial charge in [-0.1, -0.05) is 0 Å². The first-order valence-electron chi connectivity index (χ1n) is 11.6. The van der Waals surface area contributed by atoms with Crippen LogP contribution in [-0.4, -0.2) is 55.4 Å². The average molecular weight is 481 g/mol. The van der Waals surface area contributed by atoms with Crippen molar-refractivity contribution < 1.29 is 9.53 Å². The molecule has 3 aromatic heterocycles. The lowest BCUT2D eigenvalue weighted by Gasteiger charge is -2.31. The molecule has 0 spiro atoms. The number of aromatic nitrogens is 5. The van der Waals surface area contributed by atoms with Crippen molar-refractivity contribution in [2.24, 2.45) is 5.73 Å². The highest BCUT2D eigenvalue weighted by Crippen LogP contribution is 2.23. The van der Waals surface area contributed by atoms with E-state index in [-0.39, 0.29) is 30.4 Å². The summed E-state index contributed by atoms with van der Waals surface area (Å²) < 4.78 is 9.00. The average Bonchev–Trinajstić information content (AvgIpc) is 3.24. The highest BCUT2D eigenvalue weighted by molar-refractivity contribution is 5.77. The molecule has 0 radical (unpaired) electrons. The van der Waals surface area contributed by atoms with Crippen molar-refractivity contribution in [2.75, 3.05) is 24.6 Å². The molecule has 1 atom stereocenters. The summed E-state index contributed by atoms with van der Waals surface area (Å²) in [7, 11) is 0. The predicted octanol–water partition coefficient (Wildman–Crippen LogP) is 0.185. The number of carbonyl (C=O) groups excluding carboxylic acids is 1. The highest BCUT2D eigenvalue weighted by atomic mass is 16.5. The summed E-state index contributed by atoms with van der Waals surface area (Å²) in [6.45, 7) is 4.84. The summed E-state index contributed by atoms with van der Waals surface area (Å²) in [5, 5.41) is 9.45. The number of nitrogens with zero attached hydrogens (tertiary/aromatic N) is 7. The Morgan fingerprint density at radius 3 is 2.77 bits per heavy atom.